The number of halogens is 1. The number of anilines is 1. The summed E-state index contributed by atoms with van der Waals surface area (Å²) in [5.41, 5.74) is 1.34. The van der Waals surface area contributed by atoms with Gasteiger partial charge in [0.05, 0.1) is 10.7 Å². The summed E-state index contributed by atoms with van der Waals surface area (Å²) in [7, 11) is 0. The van der Waals surface area contributed by atoms with E-state index in [2.05, 4.69) is 15.5 Å². The van der Waals surface area contributed by atoms with Crippen molar-refractivity contribution in [3.05, 3.63) is 64.0 Å². The smallest absolute Gasteiger partial charge is 0.277 e. The van der Waals surface area contributed by atoms with Gasteiger partial charge in [0.2, 0.25) is 11.8 Å². The predicted octanol–water partition coefficient (Wildman–Crippen LogP) is 3.82. The maximum atomic E-state index is 13.5. The van der Waals surface area contributed by atoms with Crippen LogP contribution in [-0.4, -0.2) is 26.8 Å². The fourth-order valence-electron chi connectivity index (χ4n) is 2.11. The van der Waals surface area contributed by atoms with E-state index in [9.17, 15) is 19.3 Å². The van der Waals surface area contributed by atoms with E-state index in [0.717, 1.165) is 11.8 Å². The van der Waals surface area contributed by atoms with Gasteiger partial charge >= 0.3 is 0 Å². The zero-order chi connectivity index (χ0) is 19.4. The normalized spacial score (nSPS) is 10.6. The second-order valence-electron chi connectivity index (χ2n) is 5.48. The van der Waals surface area contributed by atoms with Crippen LogP contribution in [-0.2, 0) is 4.79 Å². The number of benzene rings is 2. The first-order valence-corrected chi connectivity index (χ1v) is 8.68. The SMILES string of the molecule is Cc1ccc(NC(=O)CSc2nnc(-c3ccc([N+](=O)[O-])cc3)o2)cc1F. The first-order valence-electron chi connectivity index (χ1n) is 7.69. The lowest BCUT2D eigenvalue weighted by atomic mass is 10.2. The minimum atomic E-state index is -0.503. The number of thioether (sulfide) groups is 1. The van der Waals surface area contributed by atoms with Gasteiger partial charge in [-0.05, 0) is 36.8 Å². The number of amides is 1. The Labute approximate surface area is 156 Å². The Balaban J connectivity index is 1.58. The summed E-state index contributed by atoms with van der Waals surface area (Å²) >= 11 is 1.02. The Bertz CT molecular complexity index is 991. The molecule has 10 heteroatoms. The van der Waals surface area contributed by atoms with Gasteiger partial charge in [0.15, 0.2) is 0 Å². The summed E-state index contributed by atoms with van der Waals surface area (Å²) < 4.78 is 18.9. The van der Waals surface area contributed by atoms with Crippen molar-refractivity contribution in [1.82, 2.24) is 10.2 Å². The third-order valence-corrected chi connectivity index (χ3v) is 4.33. The predicted molar refractivity (Wildman–Crippen MR) is 96.9 cm³/mol. The van der Waals surface area contributed by atoms with Crippen LogP contribution >= 0.6 is 11.8 Å². The first kappa shape index (κ1) is 18.5. The molecular weight excluding hydrogens is 375 g/mol. The second-order valence-corrected chi connectivity index (χ2v) is 6.40. The molecular formula is C17H13FN4O4S. The highest BCUT2D eigenvalue weighted by Gasteiger charge is 2.13. The second kappa shape index (κ2) is 7.96. The fraction of sp³-hybridized carbons (Fsp3) is 0.118. The maximum Gasteiger partial charge on any atom is 0.277 e. The summed E-state index contributed by atoms with van der Waals surface area (Å²) in [5, 5.41) is 21.1. The van der Waals surface area contributed by atoms with Gasteiger partial charge in [-0.25, -0.2) is 4.39 Å². The summed E-state index contributed by atoms with van der Waals surface area (Å²) in [5.74, 6) is -0.561. The number of nitro groups is 1. The molecule has 0 fully saturated rings. The van der Waals surface area contributed by atoms with Crippen molar-refractivity contribution in [2.24, 2.45) is 0 Å². The van der Waals surface area contributed by atoms with Crippen LogP contribution in [0.25, 0.3) is 11.5 Å². The lowest BCUT2D eigenvalue weighted by Gasteiger charge is -2.05. The molecule has 2 aromatic carbocycles. The number of carbonyl (C=O) groups excluding carboxylic acids is 1. The Morgan fingerprint density at radius 1 is 1.26 bits per heavy atom. The molecule has 138 valence electrons. The molecule has 1 amide bonds. The summed E-state index contributed by atoms with van der Waals surface area (Å²) in [6, 6.07) is 10.1. The zero-order valence-electron chi connectivity index (χ0n) is 14.0. The van der Waals surface area contributed by atoms with E-state index < -0.39 is 10.7 Å². The quantitative estimate of drug-likeness (QED) is 0.388. The summed E-state index contributed by atoms with van der Waals surface area (Å²) in [6.07, 6.45) is 0. The average Bonchev–Trinajstić information content (AvgIpc) is 3.12. The topological polar surface area (TPSA) is 111 Å². The number of aromatic nitrogens is 2. The maximum absolute atomic E-state index is 13.5. The summed E-state index contributed by atoms with van der Waals surface area (Å²) in [6.45, 7) is 1.63. The van der Waals surface area contributed by atoms with Gasteiger partial charge in [-0.15, -0.1) is 10.2 Å². The molecule has 3 aromatic rings. The molecule has 0 spiro atoms. The van der Waals surface area contributed by atoms with E-state index in [-0.39, 0.29) is 28.5 Å². The number of nitrogens with one attached hydrogen (secondary N) is 1. The lowest BCUT2D eigenvalue weighted by Crippen LogP contribution is -2.14. The highest BCUT2D eigenvalue weighted by molar-refractivity contribution is 7.99. The van der Waals surface area contributed by atoms with Crippen molar-refractivity contribution in [2.45, 2.75) is 12.1 Å². The van der Waals surface area contributed by atoms with Crippen LogP contribution in [0.1, 0.15) is 5.56 Å². The third kappa shape index (κ3) is 4.67. The molecule has 0 bridgehead atoms. The van der Waals surface area contributed by atoms with Crippen LogP contribution < -0.4 is 5.32 Å². The molecule has 8 nitrogen and oxygen atoms in total. The van der Waals surface area contributed by atoms with E-state index in [1.54, 1.807) is 19.1 Å². The van der Waals surface area contributed by atoms with E-state index in [1.165, 1.54) is 30.3 Å². The molecule has 1 aromatic heterocycles. The molecule has 0 radical (unpaired) electrons. The average molecular weight is 388 g/mol. The molecule has 0 atom stereocenters. The van der Waals surface area contributed by atoms with Crippen LogP contribution in [0.15, 0.2) is 52.1 Å². The van der Waals surface area contributed by atoms with Gasteiger partial charge < -0.3 is 9.73 Å². The minimum Gasteiger partial charge on any atom is -0.411 e. The van der Waals surface area contributed by atoms with E-state index in [1.807, 2.05) is 0 Å². The Morgan fingerprint density at radius 2 is 2.00 bits per heavy atom. The molecule has 3 rings (SSSR count). The van der Waals surface area contributed by atoms with Gasteiger partial charge in [0.25, 0.3) is 10.9 Å². The van der Waals surface area contributed by atoms with Crippen molar-refractivity contribution < 1.29 is 18.5 Å². The highest BCUT2D eigenvalue weighted by Crippen LogP contribution is 2.25. The number of rotatable bonds is 6. The van der Waals surface area contributed by atoms with Gasteiger partial charge in [-0.2, -0.15) is 0 Å². The minimum absolute atomic E-state index is 0.00259. The number of aryl methyl sites for hydroxylation is 1. The molecule has 0 aliphatic rings. The summed E-state index contributed by atoms with van der Waals surface area (Å²) in [4.78, 5) is 22.1. The molecule has 0 saturated carbocycles. The van der Waals surface area contributed by atoms with Gasteiger partial charge in [-0.3, -0.25) is 14.9 Å². The number of hydrogen-bond acceptors (Lipinski definition) is 7. The van der Waals surface area contributed by atoms with Crippen LogP contribution in [0.2, 0.25) is 0 Å². The Hall–Kier alpha value is -3.27. The molecule has 1 heterocycles. The number of nitrogens with zero attached hydrogens (tertiary/aromatic N) is 3. The molecule has 27 heavy (non-hydrogen) atoms. The van der Waals surface area contributed by atoms with Crippen LogP contribution in [0, 0.1) is 22.9 Å². The number of non-ortho nitro benzene ring substituents is 1. The van der Waals surface area contributed by atoms with Crippen molar-refractivity contribution in [3.8, 4) is 11.5 Å². The van der Waals surface area contributed by atoms with Crippen LogP contribution in [0.4, 0.5) is 15.8 Å². The fourth-order valence-corrected chi connectivity index (χ4v) is 2.67. The third-order valence-electron chi connectivity index (χ3n) is 3.51. The van der Waals surface area contributed by atoms with Crippen molar-refractivity contribution in [2.75, 3.05) is 11.1 Å². The first-order chi connectivity index (χ1) is 12.9. The van der Waals surface area contributed by atoms with E-state index in [0.29, 0.717) is 16.8 Å². The largest absolute Gasteiger partial charge is 0.411 e. The van der Waals surface area contributed by atoms with Gasteiger partial charge in [-0.1, -0.05) is 17.8 Å². The number of nitro benzene ring substituents is 1. The van der Waals surface area contributed by atoms with Crippen LogP contribution in [0.3, 0.4) is 0 Å². The molecule has 0 unspecified atom stereocenters. The van der Waals surface area contributed by atoms with Crippen molar-refractivity contribution >= 4 is 29.0 Å². The highest BCUT2D eigenvalue weighted by atomic mass is 32.2. The Kier molecular flexibility index (Phi) is 5.46. The van der Waals surface area contributed by atoms with Gasteiger partial charge in [0, 0.05) is 23.4 Å². The number of hydrogen-bond donors (Lipinski definition) is 1. The van der Waals surface area contributed by atoms with E-state index in [4.69, 9.17) is 4.42 Å². The standard InChI is InChI=1S/C17H13FN4O4S/c1-10-2-5-12(8-14(10)18)19-15(23)9-27-17-21-20-16(26-17)11-3-6-13(7-4-11)22(24)25/h2-8H,9H2,1H3,(H,19,23). The Morgan fingerprint density at radius 3 is 2.67 bits per heavy atom. The van der Waals surface area contributed by atoms with Crippen molar-refractivity contribution in [1.29, 1.82) is 0 Å². The number of carbonyl (C=O) groups is 1. The van der Waals surface area contributed by atoms with Crippen molar-refractivity contribution in [3.63, 3.8) is 0 Å². The lowest BCUT2D eigenvalue weighted by molar-refractivity contribution is -0.384. The molecule has 0 aliphatic carbocycles. The monoisotopic (exact) mass is 388 g/mol. The molecule has 0 saturated heterocycles. The molecule has 0 aliphatic heterocycles. The van der Waals surface area contributed by atoms with E-state index >= 15 is 0 Å². The van der Waals surface area contributed by atoms with Crippen LogP contribution in [0.5, 0.6) is 0 Å². The van der Waals surface area contributed by atoms with Gasteiger partial charge in [0.1, 0.15) is 5.82 Å². The zero-order valence-corrected chi connectivity index (χ0v) is 14.8. The molecule has 1 N–H and O–H groups in total.